The highest BCUT2D eigenvalue weighted by molar-refractivity contribution is 5.95. The summed E-state index contributed by atoms with van der Waals surface area (Å²) >= 11 is 0. The third-order valence-electron chi connectivity index (χ3n) is 5.27. The van der Waals surface area contributed by atoms with Crippen molar-refractivity contribution in [2.75, 3.05) is 36.9 Å². The van der Waals surface area contributed by atoms with Crippen molar-refractivity contribution in [3.8, 4) is 5.75 Å². The van der Waals surface area contributed by atoms with E-state index in [0.717, 1.165) is 17.9 Å². The number of hydrogen-bond acceptors (Lipinski definition) is 4. The summed E-state index contributed by atoms with van der Waals surface area (Å²) in [4.78, 5) is 26.5. The van der Waals surface area contributed by atoms with Gasteiger partial charge in [-0.25, -0.2) is 0 Å². The van der Waals surface area contributed by atoms with Crippen LogP contribution in [0.15, 0.2) is 48.5 Å². The van der Waals surface area contributed by atoms with Crippen molar-refractivity contribution in [1.82, 2.24) is 4.90 Å². The molecule has 2 rings (SSSR count). The molecule has 0 unspecified atom stereocenters. The van der Waals surface area contributed by atoms with Crippen LogP contribution in [0.3, 0.4) is 0 Å². The number of ether oxygens (including phenoxy) is 1. The van der Waals surface area contributed by atoms with Crippen molar-refractivity contribution in [2.45, 2.75) is 52.9 Å². The maximum absolute atomic E-state index is 12.4. The molecule has 2 amide bonds. The van der Waals surface area contributed by atoms with Gasteiger partial charge in [0.15, 0.2) is 0 Å². The molecule has 32 heavy (non-hydrogen) atoms. The number of rotatable bonds is 14. The molecule has 0 aliphatic rings. The maximum atomic E-state index is 12.4. The number of carbonyl (C=O) groups excluding carboxylic acids is 2. The molecule has 174 valence electrons. The normalized spacial score (nSPS) is 10.5. The molecule has 0 spiro atoms. The number of unbranched alkanes of at least 4 members (excludes halogenated alkanes) is 4. The van der Waals surface area contributed by atoms with Crippen LogP contribution in [0.1, 0.15) is 63.2 Å². The minimum atomic E-state index is -0.148. The molecule has 0 saturated carbocycles. The second-order valence-electron chi connectivity index (χ2n) is 7.75. The third-order valence-corrected chi connectivity index (χ3v) is 5.27. The zero-order chi connectivity index (χ0) is 23.2. The van der Waals surface area contributed by atoms with Gasteiger partial charge in [0.05, 0.1) is 13.2 Å². The third kappa shape index (κ3) is 8.61. The molecule has 0 fully saturated rings. The average molecular weight is 440 g/mol. The smallest absolute Gasteiger partial charge is 0.253 e. The molecule has 2 aromatic carbocycles. The first-order valence-electron chi connectivity index (χ1n) is 11.7. The number of hydrogen-bond donors (Lipinski definition) is 2. The van der Waals surface area contributed by atoms with E-state index in [4.69, 9.17) is 4.74 Å². The van der Waals surface area contributed by atoms with E-state index in [0.29, 0.717) is 30.9 Å². The lowest BCUT2D eigenvalue weighted by Crippen LogP contribution is -2.30. The first-order valence-corrected chi connectivity index (χ1v) is 11.7. The van der Waals surface area contributed by atoms with Crippen LogP contribution in [-0.2, 0) is 4.79 Å². The molecule has 0 aliphatic carbocycles. The van der Waals surface area contributed by atoms with E-state index in [1.807, 2.05) is 50.2 Å². The van der Waals surface area contributed by atoms with Gasteiger partial charge in [-0.1, -0.05) is 38.7 Å². The first-order chi connectivity index (χ1) is 15.6. The van der Waals surface area contributed by atoms with Crippen LogP contribution < -0.4 is 15.4 Å². The minimum absolute atomic E-state index is 0.0161. The van der Waals surface area contributed by atoms with Crippen LogP contribution in [0.4, 0.5) is 11.4 Å². The minimum Gasteiger partial charge on any atom is -0.494 e. The number of anilines is 2. The van der Waals surface area contributed by atoms with E-state index in [9.17, 15) is 9.59 Å². The highest BCUT2D eigenvalue weighted by Gasteiger charge is 2.12. The second-order valence-corrected chi connectivity index (χ2v) is 7.75. The Labute approximate surface area is 192 Å². The van der Waals surface area contributed by atoms with E-state index < -0.39 is 0 Å². The van der Waals surface area contributed by atoms with Gasteiger partial charge in [-0.05, 0) is 56.7 Å². The van der Waals surface area contributed by atoms with E-state index in [-0.39, 0.29) is 18.4 Å². The number of amides is 2. The number of nitrogens with one attached hydrogen (secondary N) is 2. The fraction of sp³-hybridized carbons (Fsp3) is 0.462. The summed E-state index contributed by atoms with van der Waals surface area (Å²) in [5.41, 5.74) is 2.14. The summed E-state index contributed by atoms with van der Waals surface area (Å²) < 4.78 is 5.80. The second kappa shape index (κ2) is 14.1. The maximum Gasteiger partial charge on any atom is 0.253 e. The predicted molar refractivity (Wildman–Crippen MR) is 132 cm³/mol. The molecule has 0 aromatic heterocycles. The van der Waals surface area contributed by atoms with Crippen molar-refractivity contribution in [1.29, 1.82) is 0 Å². The van der Waals surface area contributed by atoms with Gasteiger partial charge in [-0.3, -0.25) is 9.59 Å². The Hall–Kier alpha value is -3.02. The van der Waals surface area contributed by atoms with Crippen LogP contribution in [0, 0.1) is 0 Å². The molecular formula is C26H37N3O3. The summed E-state index contributed by atoms with van der Waals surface area (Å²) in [7, 11) is 0. The van der Waals surface area contributed by atoms with Crippen molar-refractivity contribution in [3.05, 3.63) is 54.1 Å². The van der Waals surface area contributed by atoms with Gasteiger partial charge in [0.2, 0.25) is 5.91 Å². The highest BCUT2D eigenvalue weighted by Crippen LogP contribution is 2.18. The van der Waals surface area contributed by atoms with E-state index in [1.54, 1.807) is 17.0 Å². The largest absolute Gasteiger partial charge is 0.494 e. The van der Waals surface area contributed by atoms with Gasteiger partial charge in [-0.15, -0.1) is 0 Å². The molecule has 2 N–H and O–H groups in total. The van der Waals surface area contributed by atoms with Crippen molar-refractivity contribution in [3.63, 3.8) is 0 Å². The summed E-state index contributed by atoms with van der Waals surface area (Å²) in [5, 5.41) is 5.98. The SMILES string of the molecule is CCCCCCCOc1cccc(NC(=O)CNc2ccc(C(=O)N(CC)CC)cc2)c1. The summed E-state index contributed by atoms with van der Waals surface area (Å²) in [6.45, 7) is 8.32. The average Bonchev–Trinajstić information content (AvgIpc) is 2.81. The van der Waals surface area contributed by atoms with E-state index in [1.165, 1.54) is 25.7 Å². The number of carbonyl (C=O) groups is 2. The molecule has 0 atom stereocenters. The zero-order valence-corrected chi connectivity index (χ0v) is 19.7. The quantitative estimate of drug-likeness (QED) is 0.378. The summed E-state index contributed by atoms with van der Waals surface area (Å²) in [5.74, 6) is 0.632. The molecule has 2 aromatic rings. The molecule has 0 heterocycles. The predicted octanol–water partition coefficient (Wildman–Crippen LogP) is 5.57. The van der Waals surface area contributed by atoms with Gasteiger partial charge in [0.1, 0.15) is 5.75 Å². The van der Waals surface area contributed by atoms with Crippen LogP contribution in [0.5, 0.6) is 5.75 Å². The molecule has 0 aliphatic heterocycles. The van der Waals surface area contributed by atoms with Crippen LogP contribution in [0.2, 0.25) is 0 Å². The molecule has 0 saturated heterocycles. The Balaban J connectivity index is 1.77. The van der Waals surface area contributed by atoms with Crippen molar-refractivity contribution in [2.24, 2.45) is 0 Å². The Morgan fingerprint density at radius 1 is 0.875 bits per heavy atom. The van der Waals surface area contributed by atoms with Crippen LogP contribution in [-0.4, -0.2) is 43.0 Å². The molecule has 6 heteroatoms. The van der Waals surface area contributed by atoms with E-state index >= 15 is 0 Å². The van der Waals surface area contributed by atoms with Crippen molar-refractivity contribution < 1.29 is 14.3 Å². The van der Waals surface area contributed by atoms with Crippen LogP contribution >= 0.6 is 0 Å². The fourth-order valence-corrected chi connectivity index (χ4v) is 3.37. The number of nitrogens with zero attached hydrogens (tertiary/aromatic N) is 1. The Kier molecular flexibility index (Phi) is 11.1. The topological polar surface area (TPSA) is 70.7 Å². The molecule has 6 nitrogen and oxygen atoms in total. The standard InChI is InChI=1S/C26H37N3O3/c1-4-7-8-9-10-18-32-24-13-11-12-23(19-24)28-25(30)20-27-22-16-14-21(15-17-22)26(31)29(5-2)6-3/h11-17,19,27H,4-10,18,20H2,1-3H3,(H,28,30). The lowest BCUT2D eigenvalue weighted by atomic mass is 10.1. The van der Waals surface area contributed by atoms with E-state index in [2.05, 4.69) is 17.6 Å². The van der Waals surface area contributed by atoms with Gasteiger partial charge in [-0.2, -0.15) is 0 Å². The zero-order valence-electron chi connectivity index (χ0n) is 19.7. The number of benzene rings is 2. The molecule has 0 bridgehead atoms. The first kappa shape index (κ1) is 25.2. The fourth-order valence-electron chi connectivity index (χ4n) is 3.37. The van der Waals surface area contributed by atoms with Gasteiger partial charge < -0.3 is 20.3 Å². The highest BCUT2D eigenvalue weighted by atomic mass is 16.5. The Morgan fingerprint density at radius 2 is 1.59 bits per heavy atom. The monoisotopic (exact) mass is 439 g/mol. The van der Waals surface area contributed by atoms with Crippen LogP contribution in [0.25, 0.3) is 0 Å². The Morgan fingerprint density at radius 3 is 2.28 bits per heavy atom. The summed E-state index contributed by atoms with van der Waals surface area (Å²) in [6, 6.07) is 14.7. The van der Waals surface area contributed by atoms with Crippen molar-refractivity contribution >= 4 is 23.2 Å². The van der Waals surface area contributed by atoms with Gasteiger partial charge >= 0.3 is 0 Å². The summed E-state index contributed by atoms with van der Waals surface area (Å²) in [6.07, 6.45) is 5.98. The molecule has 0 radical (unpaired) electrons. The lowest BCUT2D eigenvalue weighted by Gasteiger charge is -2.18. The Bertz CT molecular complexity index is 832. The van der Waals surface area contributed by atoms with Gasteiger partial charge in [0.25, 0.3) is 5.91 Å². The lowest BCUT2D eigenvalue weighted by molar-refractivity contribution is -0.114. The van der Waals surface area contributed by atoms with Gasteiger partial charge in [0, 0.05) is 36.1 Å². The molecular weight excluding hydrogens is 402 g/mol.